The molecule has 1 aliphatic heterocycles. The third kappa shape index (κ3) is 1.78. The van der Waals surface area contributed by atoms with Crippen molar-refractivity contribution in [3.05, 3.63) is 0 Å². The number of nitrogens with one attached hydrogen (secondary N) is 1. The van der Waals surface area contributed by atoms with E-state index in [2.05, 4.69) is 10.2 Å². The Kier molecular flexibility index (Phi) is 3.06. The van der Waals surface area contributed by atoms with E-state index in [9.17, 15) is 4.79 Å². The van der Waals surface area contributed by atoms with Gasteiger partial charge >= 0.3 is 0 Å². The molecular weight excluding hydrogens is 176 g/mol. The third-order valence-electron chi connectivity index (χ3n) is 3.59. The number of carbonyl (C=O) groups excluding carboxylic acids is 1. The van der Waals surface area contributed by atoms with Crippen LogP contribution in [0, 0.1) is 0 Å². The summed E-state index contributed by atoms with van der Waals surface area (Å²) in [5, 5.41) is 3.14. The molecule has 80 valence electrons. The maximum Gasteiger partial charge on any atom is 0.239 e. The molecule has 1 amide bonds. The molecule has 0 aromatic rings. The van der Waals surface area contributed by atoms with Crippen LogP contribution in [0.15, 0.2) is 0 Å². The highest BCUT2D eigenvalue weighted by atomic mass is 16.2. The first kappa shape index (κ1) is 9.97. The van der Waals surface area contributed by atoms with E-state index in [-0.39, 0.29) is 6.04 Å². The van der Waals surface area contributed by atoms with Crippen LogP contribution in [-0.4, -0.2) is 36.5 Å². The minimum Gasteiger partial charge on any atom is -0.338 e. The molecule has 1 atom stereocenters. The normalized spacial score (nSPS) is 29.9. The summed E-state index contributed by atoms with van der Waals surface area (Å²) in [7, 11) is 1.90. The molecule has 1 saturated carbocycles. The summed E-state index contributed by atoms with van der Waals surface area (Å²) in [5.41, 5.74) is 0. The van der Waals surface area contributed by atoms with Gasteiger partial charge < -0.3 is 10.2 Å². The first-order valence-corrected chi connectivity index (χ1v) is 5.80. The molecule has 3 nitrogen and oxygen atoms in total. The van der Waals surface area contributed by atoms with E-state index in [1.165, 1.54) is 32.1 Å². The van der Waals surface area contributed by atoms with Gasteiger partial charge in [-0.1, -0.05) is 0 Å². The molecule has 0 spiro atoms. The fraction of sp³-hybridized carbons (Fsp3) is 0.909. The van der Waals surface area contributed by atoms with Gasteiger partial charge in [0, 0.05) is 12.6 Å². The van der Waals surface area contributed by atoms with E-state index < -0.39 is 0 Å². The fourth-order valence-electron chi connectivity index (χ4n) is 2.39. The van der Waals surface area contributed by atoms with Crippen LogP contribution in [0.4, 0.5) is 0 Å². The van der Waals surface area contributed by atoms with Crippen LogP contribution in [0.3, 0.4) is 0 Å². The standard InChI is InChI=1S/C11H20N2O/c1-12-10-7-2-3-8-13(11(10)14)9-5-4-6-9/h9-10,12H,2-8H2,1H3. The zero-order chi connectivity index (χ0) is 9.97. The van der Waals surface area contributed by atoms with Crippen LogP contribution in [0.1, 0.15) is 38.5 Å². The van der Waals surface area contributed by atoms with Crippen molar-refractivity contribution in [2.45, 2.75) is 50.6 Å². The summed E-state index contributed by atoms with van der Waals surface area (Å²) in [6, 6.07) is 0.648. The van der Waals surface area contributed by atoms with Gasteiger partial charge in [0.1, 0.15) is 0 Å². The van der Waals surface area contributed by atoms with Gasteiger partial charge in [0.15, 0.2) is 0 Å². The monoisotopic (exact) mass is 196 g/mol. The Morgan fingerprint density at radius 2 is 2.00 bits per heavy atom. The Morgan fingerprint density at radius 1 is 1.21 bits per heavy atom. The average Bonchev–Trinajstić information content (AvgIpc) is 2.27. The van der Waals surface area contributed by atoms with Crippen molar-refractivity contribution in [3.63, 3.8) is 0 Å². The van der Waals surface area contributed by atoms with Crippen LogP contribution in [0.25, 0.3) is 0 Å². The highest BCUT2D eigenvalue weighted by molar-refractivity contribution is 5.82. The Balaban J connectivity index is 2.02. The number of hydrogen-bond acceptors (Lipinski definition) is 2. The molecule has 2 aliphatic rings. The van der Waals surface area contributed by atoms with Gasteiger partial charge in [0.05, 0.1) is 6.04 Å². The van der Waals surface area contributed by atoms with E-state index in [4.69, 9.17) is 0 Å². The Morgan fingerprint density at radius 3 is 2.57 bits per heavy atom. The first-order valence-electron chi connectivity index (χ1n) is 5.80. The Bertz CT molecular complexity index is 213. The quantitative estimate of drug-likeness (QED) is 0.718. The first-order chi connectivity index (χ1) is 6.83. The molecular formula is C11H20N2O. The molecule has 1 unspecified atom stereocenters. The molecule has 2 fully saturated rings. The van der Waals surface area contributed by atoms with Crippen LogP contribution in [0.2, 0.25) is 0 Å². The van der Waals surface area contributed by atoms with Gasteiger partial charge in [0.25, 0.3) is 0 Å². The summed E-state index contributed by atoms with van der Waals surface area (Å²) >= 11 is 0. The van der Waals surface area contributed by atoms with Crippen molar-refractivity contribution in [1.82, 2.24) is 10.2 Å². The van der Waals surface area contributed by atoms with E-state index in [1.807, 2.05) is 7.05 Å². The molecule has 1 heterocycles. The lowest BCUT2D eigenvalue weighted by molar-refractivity contribution is -0.136. The van der Waals surface area contributed by atoms with Crippen molar-refractivity contribution >= 4 is 5.91 Å². The van der Waals surface area contributed by atoms with Crippen molar-refractivity contribution in [3.8, 4) is 0 Å². The number of hydrogen-bond donors (Lipinski definition) is 1. The highest BCUT2D eigenvalue weighted by Crippen LogP contribution is 2.27. The molecule has 0 radical (unpaired) electrons. The lowest BCUT2D eigenvalue weighted by atomic mass is 9.91. The highest BCUT2D eigenvalue weighted by Gasteiger charge is 2.33. The minimum atomic E-state index is 0.0816. The van der Waals surface area contributed by atoms with Gasteiger partial charge in [-0.2, -0.15) is 0 Å². The summed E-state index contributed by atoms with van der Waals surface area (Å²) in [4.78, 5) is 14.2. The van der Waals surface area contributed by atoms with Gasteiger partial charge in [-0.15, -0.1) is 0 Å². The smallest absolute Gasteiger partial charge is 0.239 e. The van der Waals surface area contributed by atoms with Crippen molar-refractivity contribution < 1.29 is 4.79 Å². The summed E-state index contributed by atoms with van der Waals surface area (Å²) in [6.07, 6.45) is 7.13. The predicted octanol–water partition coefficient (Wildman–Crippen LogP) is 1.14. The van der Waals surface area contributed by atoms with Crippen molar-refractivity contribution in [1.29, 1.82) is 0 Å². The number of likely N-dealkylation sites (N-methyl/N-ethyl adjacent to an activating group) is 1. The van der Waals surface area contributed by atoms with Gasteiger partial charge in [-0.3, -0.25) is 4.79 Å². The number of likely N-dealkylation sites (tertiary alicyclic amines) is 1. The number of nitrogens with zero attached hydrogens (tertiary/aromatic N) is 1. The van der Waals surface area contributed by atoms with Gasteiger partial charge in [0.2, 0.25) is 5.91 Å². The topological polar surface area (TPSA) is 32.3 Å². The lowest BCUT2D eigenvalue weighted by Gasteiger charge is -2.38. The molecule has 0 aromatic heterocycles. The van der Waals surface area contributed by atoms with Crippen LogP contribution in [0.5, 0.6) is 0 Å². The summed E-state index contributed by atoms with van der Waals surface area (Å²) in [5.74, 6) is 0.342. The largest absolute Gasteiger partial charge is 0.338 e. The van der Waals surface area contributed by atoms with Crippen molar-refractivity contribution in [2.75, 3.05) is 13.6 Å². The number of carbonyl (C=O) groups is 1. The van der Waals surface area contributed by atoms with E-state index >= 15 is 0 Å². The number of amides is 1. The molecule has 0 bridgehead atoms. The molecule has 0 aromatic carbocycles. The molecule has 1 saturated heterocycles. The lowest BCUT2D eigenvalue weighted by Crippen LogP contribution is -2.50. The molecule has 14 heavy (non-hydrogen) atoms. The zero-order valence-electron chi connectivity index (χ0n) is 8.96. The Hall–Kier alpha value is -0.570. The molecule has 1 N–H and O–H groups in total. The van der Waals surface area contributed by atoms with E-state index in [0.29, 0.717) is 11.9 Å². The zero-order valence-corrected chi connectivity index (χ0v) is 8.96. The summed E-state index contributed by atoms with van der Waals surface area (Å²) in [6.45, 7) is 0.988. The van der Waals surface area contributed by atoms with Crippen LogP contribution in [-0.2, 0) is 4.79 Å². The van der Waals surface area contributed by atoms with E-state index in [0.717, 1.165) is 13.0 Å². The number of rotatable bonds is 2. The second-order valence-electron chi connectivity index (χ2n) is 4.45. The second-order valence-corrected chi connectivity index (χ2v) is 4.45. The minimum absolute atomic E-state index is 0.0816. The van der Waals surface area contributed by atoms with Crippen LogP contribution < -0.4 is 5.32 Å². The third-order valence-corrected chi connectivity index (χ3v) is 3.59. The van der Waals surface area contributed by atoms with Crippen molar-refractivity contribution in [2.24, 2.45) is 0 Å². The van der Waals surface area contributed by atoms with E-state index in [1.54, 1.807) is 0 Å². The maximum atomic E-state index is 12.1. The van der Waals surface area contributed by atoms with Gasteiger partial charge in [-0.05, 0) is 45.6 Å². The van der Waals surface area contributed by atoms with Crippen LogP contribution >= 0.6 is 0 Å². The molecule has 2 rings (SSSR count). The Labute approximate surface area is 85.8 Å². The second kappa shape index (κ2) is 4.30. The van der Waals surface area contributed by atoms with Gasteiger partial charge in [-0.25, -0.2) is 0 Å². The SMILES string of the molecule is CNC1CCCCN(C2CCC2)C1=O. The maximum absolute atomic E-state index is 12.1. The molecule has 3 heteroatoms. The molecule has 1 aliphatic carbocycles. The summed E-state index contributed by atoms with van der Waals surface area (Å²) < 4.78 is 0. The average molecular weight is 196 g/mol. The predicted molar refractivity (Wildman–Crippen MR) is 56.1 cm³/mol. The fourth-order valence-corrected chi connectivity index (χ4v) is 2.39.